The Morgan fingerprint density at radius 2 is 1.78 bits per heavy atom. The van der Waals surface area contributed by atoms with Gasteiger partial charge in [-0.05, 0) is 35.9 Å². The number of methoxy groups -OCH3 is 1. The van der Waals surface area contributed by atoms with E-state index in [0.717, 1.165) is 30.3 Å². The number of ether oxygens (including phenoxy) is 2. The maximum atomic E-state index is 14.5. The van der Waals surface area contributed by atoms with E-state index in [1.165, 1.54) is 23.5 Å². The first-order valence-corrected chi connectivity index (χ1v) is 11.2. The number of carbonyl (C=O) groups excluding carboxylic acids is 2. The van der Waals surface area contributed by atoms with Crippen molar-refractivity contribution in [2.24, 2.45) is 0 Å². The number of benzene rings is 2. The Morgan fingerprint density at radius 3 is 2.41 bits per heavy atom. The lowest BCUT2D eigenvalue weighted by Gasteiger charge is -2.26. The average Bonchev–Trinajstić information content (AvgIpc) is 2.79. The van der Waals surface area contributed by atoms with Gasteiger partial charge in [-0.1, -0.05) is 12.1 Å². The maximum Gasteiger partial charge on any atom is 0.307 e. The summed E-state index contributed by atoms with van der Waals surface area (Å²) in [5.74, 6) is -3.02. The van der Waals surface area contributed by atoms with E-state index in [4.69, 9.17) is 4.74 Å². The molecule has 32 heavy (non-hydrogen) atoms. The van der Waals surface area contributed by atoms with Gasteiger partial charge in [0.25, 0.3) is 5.91 Å². The normalized spacial score (nSPS) is 15.7. The Bertz CT molecular complexity index is 1090. The van der Waals surface area contributed by atoms with Gasteiger partial charge in [0.15, 0.2) is 0 Å². The molecule has 0 aliphatic carbocycles. The molecule has 1 aliphatic rings. The van der Waals surface area contributed by atoms with Gasteiger partial charge in [-0.2, -0.15) is 4.31 Å². The van der Waals surface area contributed by atoms with Crippen LogP contribution in [0.2, 0.25) is 0 Å². The second kappa shape index (κ2) is 10.2. The SMILES string of the molecule is COC(=O)CC(NC(=O)c1cc(S(=O)(=O)N2CCOCC2)ccc1F)c1ccc(F)cc1. The van der Waals surface area contributed by atoms with Crippen LogP contribution in [0.25, 0.3) is 0 Å². The number of nitrogens with one attached hydrogen (secondary N) is 1. The fourth-order valence-electron chi connectivity index (χ4n) is 3.21. The molecule has 0 radical (unpaired) electrons. The van der Waals surface area contributed by atoms with E-state index in [2.05, 4.69) is 10.1 Å². The third-order valence-corrected chi connectivity index (χ3v) is 6.86. The van der Waals surface area contributed by atoms with E-state index in [1.54, 1.807) is 0 Å². The molecular weight excluding hydrogens is 446 g/mol. The summed E-state index contributed by atoms with van der Waals surface area (Å²) < 4.78 is 64.4. The first-order chi connectivity index (χ1) is 15.2. The first-order valence-electron chi connectivity index (χ1n) is 9.73. The number of halogens is 2. The van der Waals surface area contributed by atoms with Crippen LogP contribution < -0.4 is 5.32 Å². The molecule has 0 spiro atoms. The second-order valence-electron chi connectivity index (χ2n) is 7.02. The zero-order chi connectivity index (χ0) is 23.3. The molecule has 2 aromatic carbocycles. The van der Waals surface area contributed by atoms with Gasteiger partial charge < -0.3 is 14.8 Å². The number of hydrogen-bond donors (Lipinski definition) is 1. The third kappa shape index (κ3) is 5.47. The summed E-state index contributed by atoms with van der Waals surface area (Å²) in [6.07, 6.45) is -0.290. The van der Waals surface area contributed by atoms with Crippen LogP contribution in [0.1, 0.15) is 28.4 Å². The summed E-state index contributed by atoms with van der Waals surface area (Å²) in [5.41, 5.74) is -0.112. The highest BCUT2D eigenvalue weighted by molar-refractivity contribution is 7.89. The summed E-state index contributed by atoms with van der Waals surface area (Å²) >= 11 is 0. The van der Waals surface area contributed by atoms with E-state index in [-0.39, 0.29) is 37.6 Å². The predicted octanol–water partition coefficient (Wildman–Crippen LogP) is 2.02. The van der Waals surface area contributed by atoms with Crippen LogP contribution in [-0.4, -0.2) is 58.0 Å². The number of morpholine rings is 1. The van der Waals surface area contributed by atoms with Gasteiger partial charge in [0.2, 0.25) is 10.0 Å². The van der Waals surface area contributed by atoms with Crippen molar-refractivity contribution in [3.05, 3.63) is 65.2 Å². The van der Waals surface area contributed by atoms with Crippen molar-refractivity contribution in [1.29, 1.82) is 0 Å². The van der Waals surface area contributed by atoms with Crippen LogP contribution in [0.15, 0.2) is 47.4 Å². The predicted molar refractivity (Wildman–Crippen MR) is 109 cm³/mol. The molecule has 1 amide bonds. The van der Waals surface area contributed by atoms with Crippen molar-refractivity contribution in [3.8, 4) is 0 Å². The van der Waals surface area contributed by atoms with Gasteiger partial charge in [0.05, 0.1) is 43.2 Å². The number of carbonyl (C=O) groups is 2. The lowest BCUT2D eigenvalue weighted by molar-refractivity contribution is -0.141. The average molecular weight is 468 g/mol. The number of sulfonamides is 1. The molecule has 1 N–H and O–H groups in total. The Kier molecular flexibility index (Phi) is 7.54. The first kappa shape index (κ1) is 23.8. The molecule has 0 bridgehead atoms. The van der Waals surface area contributed by atoms with E-state index < -0.39 is 45.1 Å². The lowest BCUT2D eigenvalue weighted by atomic mass is 10.0. The minimum absolute atomic E-state index is 0.146. The second-order valence-corrected chi connectivity index (χ2v) is 8.95. The number of amides is 1. The Labute approximate surface area is 184 Å². The summed E-state index contributed by atoms with van der Waals surface area (Å²) in [7, 11) is -2.78. The minimum atomic E-state index is -3.95. The smallest absolute Gasteiger partial charge is 0.307 e. The zero-order valence-corrected chi connectivity index (χ0v) is 18.0. The highest BCUT2D eigenvalue weighted by Crippen LogP contribution is 2.23. The summed E-state index contributed by atoms with van der Waals surface area (Å²) in [4.78, 5) is 24.4. The lowest BCUT2D eigenvalue weighted by Crippen LogP contribution is -2.40. The molecule has 1 atom stereocenters. The highest BCUT2D eigenvalue weighted by Gasteiger charge is 2.28. The number of rotatable bonds is 7. The molecule has 0 saturated carbocycles. The van der Waals surface area contributed by atoms with E-state index in [0.29, 0.717) is 5.56 Å². The topological polar surface area (TPSA) is 102 Å². The quantitative estimate of drug-likeness (QED) is 0.624. The molecule has 11 heteroatoms. The fraction of sp³-hybridized carbons (Fsp3) is 0.333. The number of esters is 1. The van der Waals surface area contributed by atoms with Gasteiger partial charge in [-0.3, -0.25) is 9.59 Å². The van der Waals surface area contributed by atoms with Crippen molar-refractivity contribution >= 4 is 21.9 Å². The molecule has 1 fully saturated rings. The molecular formula is C21H22F2N2O6S. The largest absolute Gasteiger partial charge is 0.469 e. The van der Waals surface area contributed by atoms with Crippen molar-refractivity contribution in [3.63, 3.8) is 0 Å². The highest BCUT2D eigenvalue weighted by atomic mass is 32.2. The van der Waals surface area contributed by atoms with Gasteiger partial charge in [-0.25, -0.2) is 17.2 Å². The third-order valence-electron chi connectivity index (χ3n) is 4.97. The molecule has 3 rings (SSSR count). The van der Waals surface area contributed by atoms with Crippen LogP contribution in [0.3, 0.4) is 0 Å². The molecule has 1 aliphatic heterocycles. The fourth-order valence-corrected chi connectivity index (χ4v) is 4.64. The molecule has 8 nitrogen and oxygen atoms in total. The molecule has 1 saturated heterocycles. The van der Waals surface area contributed by atoms with Crippen molar-refractivity contribution in [2.45, 2.75) is 17.4 Å². The molecule has 2 aromatic rings. The molecule has 0 aromatic heterocycles. The molecule has 1 unspecified atom stereocenters. The van der Waals surface area contributed by atoms with Crippen LogP contribution in [0.5, 0.6) is 0 Å². The zero-order valence-electron chi connectivity index (χ0n) is 17.2. The molecule has 172 valence electrons. The van der Waals surface area contributed by atoms with Crippen LogP contribution in [0.4, 0.5) is 8.78 Å². The summed E-state index contributed by atoms with van der Waals surface area (Å²) in [6, 6.07) is 7.05. The van der Waals surface area contributed by atoms with E-state index in [1.807, 2.05) is 0 Å². The van der Waals surface area contributed by atoms with Gasteiger partial charge >= 0.3 is 5.97 Å². The van der Waals surface area contributed by atoms with Crippen LogP contribution in [0, 0.1) is 11.6 Å². The number of hydrogen-bond acceptors (Lipinski definition) is 6. The van der Waals surface area contributed by atoms with E-state index in [9.17, 15) is 26.8 Å². The van der Waals surface area contributed by atoms with Crippen molar-refractivity contribution < 1.29 is 36.3 Å². The summed E-state index contributed by atoms with van der Waals surface area (Å²) in [5, 5.41) is 2.50. The van der Waals surface area contributed by atoms with Crippen molar-refractivity contribution in [2.75, 3.05) is 33.4 Å². The van der Waals surface area contributed by atoms with Crippen LogP contribution >= 0.6 is 0 Å². The maximum absolute atomic E-state index is 14.5. The van der Waals surface area contributed by atoms with Gasteiger partial charge in [-0.15, -0.1) is 0 Å². The Balaban J connectivity index is 1.88. The van der Waals surface area contributed by atoms with E-state index >= 15 is 0 Å². The van der Waals surface area contributed by atoms with Crippen molar-refractivity contribution in [1.82, 2.24) is 9.62 Å². The standard InChI is InChI=1S/C21H22F2N2O6S/c1-30-20(26)13-19(14-2-4-15(22)5-3-14)24-21(27)17-12-16(6-7-18(17)23)32(28,29)25-8-10-31-11-9-25/h2-7,12,19H,8-11,13H2,1H3,(H,24,27). The number of nitrogens with zero attached hydrogens (tertiary/aromatic N) is 1. The van der Waals surface area contributed by atoms with Crippen LogP contribution in [-0.2, 0) is 24.3 Å². The minimum Gasteiger partial charge on any atom is -0.469 e. The molecule has 1 heterocycles. The van der Waals surface area contributed by atoms with Gasteiger partial charge in [0, 0.05) is 13.1 Å². The monoisotopic (exact) mass is 468 g/mol. The van der Waals surface area contributed by atoms with Gasteiger partial charge in [0.1, 0.15) is 11.6 Å². The Morgan fingerprint density at radius 1 is 1.12 bits per heavy atom. The Hall–Kier alpha value is -2.89. The summed E-state index contributed by atoms with van der Waals surface area (Å²) in [6.45, 7) is 0.765.